The first-order valence-corrected chi connectivity index (χ1v) is 7.60. The van der Waals surface area contributed by atoms with E-state index < -0.39 is 0 Å². The quantitative estimate of drug-likeness (QED) is 0.885. The molecule has 1 fully saturated rings. The second-order valence-corrected chi connectivity index (χ2v) is 5.88. The standard InChI is InChI=1S/C16H27N3/c1-3-16(4-2)8-11-19(12-9-16)10-7-15-6-5-14(17)13-18-15/h5-6,13H,3-4,7-12,17H2,1-2H3. The van der Waals surface area contributed by atoms with Crippen LogP contribution in [0.2, 0.25) is 0 Å². The van der Waals surface area contributed by atoms with E-state index >= 15 is 0 Å². The van der Waals surface area contributed by atoms with Gasteiger partial charge in [0.25, 0.3) is 0 Å². The number of hydrogen-bond donors (Lipinski definition) is 1. The number of pyridine rings is 1. The van der Waals surface area contributed by atoms with Gasteiger partial charge in [0.15, 0.2) is 0 Å². The van der Waals surface area contributed by atoms with Crippen LogP contribution in [0.4, 0.5) is 5.69 Å². The van der Waals surface area contributed by atoms with Gasteiger partial charge in [-0.3, -0.25) is 4.98 Å². The van der Waals surface area contributed by atoms with Crippen LogP contribution in [0.3, 0.4) is 0 Å². The molecule has 0 aliphatic carbocycles. The summed E-state index contributed by atoms with van der Waals surface area (Å²) in [4.78, 5) is 6.96. The number of nitrogens with two attached hydrogens (primary N) is 1. The lowest BCUT2D eigenvalue weighted by Crippen LogP contribution is -2.40. The molecule has 0 saturated carbocycles. The molecule has 1 aromatic rings. The molecule has 1 aromatic heterocycles. The highest BCUT2D eigenvalue weighted by Gasteiger charge is 2.30. The van der Waals surface area contributed by atoms with Gasteiger partial charge in [0.1, 0.15) is 0 Å². The Balaban J connectivity index is 1.78. The zero-order chi connectivity index (χ0) is 13.7. The molecule has 2 N–H and O–H groups in total. The predicted molar refractivity (Wildman–Crippen MR) is 81.0 cm³/mol. The summed E-state index contributed by atoms with van der Waals surface area (Å²) in [5, 5.41) is 0. The molecule has 3 heteroatoms. The number of piperidine rings is 1. The van der Waals surface area contributed by atoms with Crippen LogP contribution in [0, 0.1) is 5.41 Å². The molecule has 3 nitrogen and oxygen atoms in total. The number of hydrogen-bond acceptors (Lipinski definition) is 3. The maximum atomic E-state index is 5.65. The Labute approximate surface area is 117 Å². The molecule has 1 aliphatic heterocycles. The summed E-state index contributed by atoms with van der Waals surface area (Å²) in [7, 11) is 0. The van der Waals surface area contributed by atoms with Crippen molar-refractivity contribution in [3.8, 4) is 0 Å². The van der Waals surface area contributed by atoms with E-state index in [2.05, 4.69) is 23.7 Å². The monoisotopic (exact) mass is 261 g/mol. The zero-order valence-corrected chi connectivity index (χ0v) is 12.4. The number of anilines is 1. The fraction of sp³-hybridized carbons (Fsp3) is 0.688. The Bertz CT molecular complexity index is 371. The van der Waals surface area contributed by atoms with Crippen molar-refractivity contribution in [1.29, 1.82) is 0 Å². The smallest absolute Gasteiger partial charge is 0.0501 e. The number of nitrogen functional groups attached to an aromatic ring is 1. The second-order valence-electron chi connectivity index (χ2n) is 5.88. The molecular weight excluding hydrogens is 234 g/mol. The number of nitrogens with zero attached hydrogens (tertiary/aromatic N) is 2. The predicted octanol–water partition coefficient (Wildman–Crippen LogP) is 3.11. The molecule has 2 heterocycles. The third-order valence-corrected chi connectivity index (χ3v) is 4.95. The van der Waals surface area contributed by atoms with Gasteiger partial charge in [0, 0.05) is 18.7 Å². The minimum Gasteiger partial charge on any atom is -0.397 e. The number of aromatic nitrogens is 1. The molecule has 0 bridgehead atoms. The van der Waals surface area contributed by atoms with E-state index in [-0.39, 0.29) is 0 Å². The third-order valence-electron chi connectivity index (χ3n) is 4.95. The van der Waals surface area contributed by atoms with E-state index in [1.165, 1.54) is 38.8 Å². The van der Waals surface area contributed by atoms with Crippen molar-refractivity contribution in [2.75, 3.05) is 25.4 Å². The van der Waals surface area contributed by atoms with Crippen molar-refractivity contribution in [1.82, 2.24) is 9.88 Å². The highest BCUT2D eigenvalue weighted by Crippen LogP contribution is 2.37. The molecule has 2 rings (SSSR count). The molecule has 0 aromatic carbocycles. The maximum Gasteiger partial charge on any atom is 0.0501 e. The van der Waals surface area contributed by atoms with Gasteiger partial charge in [-0.05, 0) is 43.5 Å². The highest BCUT2D eigenvalue weighted by atomic mass is 15.1. The van der Waals surface area contributed by atoms with E-state index in [9.17, 15) is 0 Å². The van der Waals surface area contributed by atoms with Gasteiger partial charge in [-0.2, -0.15) is 0 Å². The molecule has 1 aliphatic rings. The van der Waals surface area contributed by atoms with Crippen LogP contribution in [0.25, 0.3) is 0 Å². The lowest BCUT2D eigenvalue weighted by molar-refractivity contribution is 0.0962. The largest absolute Gasteiger partial charge is 0.397 e. The zero-order valence-electron chi connectivity index (χ0n) is 12.4. The SMILES string of the molecule is CCC1(CC)CCN(CCc2ccc(N)cn2)CC1. The first kappa shape index (κ1) is 14.3. The molecule has 1 saturated heterocycles. The lowest BCUT2D eigenvalue weighted by Gasteiger charge is -2.41. The minimum absolute atomic E-state index is 0.621. The topological polar surface area (TPSA) is 42.1 Å². The second kappa shape index (κ2) is 6.38. The van der Waals surface area contributed by atoms with Crippen molar-refractivity contribution in [2.24, 2.45) is 5.41 Å². The van der Waals surface area contributed by atoms with E-state index in [0.717, 1.165) is 24.3 Å². The average Bonchev–Trinajstić information content (AvgIpc) is 2.47. The van der Waals surface area contributed by atoms with Gasteiger partial charge < -0.3 is 10.6 Å². The Morgan fingerprint density at radius 1 is 1.21 bits per heavy atom. The normalized spacial score (nSPS) is 19.5. The molecule has 0 amide bonds. The van der Waals surface area contributed by atoms with Crippen LogP contribution in [-0.4, -0.2) is 29.5 Å². The number of rotatable bonds is 5. The Morgan fingerprint density at radius 3 is 2.42 bits per heavy atom. The summed E-state index contributed by atoms with van der Waals surface area (Å²) in [6.45, 7) is 8.31. The van der Waals surface area contributed by atoms with E-state index in [0.29, 0.717) is 5.41 Å². The summed E-state index contributed by atoms with van der Waals surface area (Å²) in [6, 6.07) is 3.99. The van der Waals surface area contributed by atoms with Crippen LogP contribution in [-0.2, 0) is 6.42 Å². The van der Waals surface area contributed by atoms with Crippen molar-refractivity contribution in [3.05, 3.63) is 24.0 Å². The first-order valence-electron chi connectivity index (χ1n) is 7.60. The third kappa shape index (κ3) is 3.69. The van der Waals surface area contributed by atoms with Gasteiger partial charge in [-0.15, -0.1) is 0 Å². The van der Waals surface area contributed by atoms with Crippen molar-refractivity contribution in [2.45, 2.75) is 46.0 Å². The molecule has 0 atom stereocenters. The molecule has 0 radical (unpaired) electrons. The summed E-state index contributed by atoms with van der Waals surface area (Å²) < 4.78 is 0. The molecule has 0 unspecified atom stereocenters. The van der Waals surface area contributed by atoms with Gasteiger partial charge >= 0.3 is 0 Å². The Kier molecular flexibility index (Phi) is 4.81. The van der Waals surface area contributed by atoms with Crippen LogP contribution >= 0.6 is 0 Å². The van der Waals surface area contributed by atoms with E-state index in [1.807, 2.05) is 12.1 Å². The maximum absolute atomic E-state index is 5.65. The Morgan fingerprint density at radius 2 is 1.89 bits per heavy atom. The summed E-state index contributed by atoms with van der Waals surface area (Å²) in [6.07, 6.45) is 8.16. The summed E-state index contributed by atoms with van der Waals surface area (Å²) in [5.74, 6) is 0. The molecule has 19 heavy (non-hydrogen) atoms. The molecular formula is C16H27N3. The first-order chi connectivity index (χ1) is 9.17. The Hall–Kier alpha value is -1.09. The van der Waals surface area contributed by atoms with Crippen LogP contribution in [0.1, 0.15) is 45.2 Å². The van der Waals surface area contributed by atoms with Gasteiger partial charge in [0.2, 0.25) is 0 Å². The van der Waals surface area contributed by atoms with E-state index in [4.69, 9.17) is 5.73 Å². The molecule has 106 valence electrons. The lowest BCUT2D eigenvalue weighted by atomic mass is 9.74. The van der Waals surface area contributed by atoms with Crippen molar-refractivity contribution < 1.29 is 0 Å². The fourth-order valence-corrected chi connectivity index (χ4v) is 3.06. The van der Waals surface area contributed by atoms with Crippen LogP contribution in [0.5, 0.6) is 0 Å². The summed E-state index contributed by atoms with van der Waals surface area (Å²) in [5.41, 5.74) is 8.17. The molecule has 0 spiro atoms. The highest BCUT2D eigenvalue weighted by molar-refractivity contribution is 5.34. The van der Waals surface area contributed by atoms with Crippen LogP contribution in [0.15, 0.2) is 18.3 Å². The van der Waals surface area contributed by atoms with Gasteiger partial charge in [-0.25, -0.2) is 0 Å². The number of likely N-dealkylation sites (tertiary alicyclic amines) is 1. The average molecular weight is 261 g/mol. The minimum atomic E-state index is 0.621. The van der Waals surface area contributed by atoms with Crippen LogP contribution < -0.4 is 5.73 Å². The van der Waals surface area contributed by atoms with E-state index in [1.54, 1.807) is 6.20 Å². The fourth-order valence-electron chi connectivity index (χ4n) is 3.06. The van der Waals surface area contributed by atoms with Gasteiger partial charge in [0.05, 0.1) is 11.9 Å². The van der Waals surface area contributed by atoms with Crippen molar-refractivity contribution >= 4 is 5.69 Å². The van der Waals surface area contributed by atoms with Crippen molar-refractivity contribution in [3.63, 3.8) is 0 Å². The van der Waals surface area contributed by atoms with Gasteiger partial charge in [-0.1, -0.05) is 26.7 Å². The summed E-state index contributed by atoms with van der Waals surface area (Å²) >= 11 is 0.